The van der Waals surface area contributed by atoms with E-state index in [0.29, 0.717) is 0 Å². The van der Waals surface area contributed by atoms with Crippen molar-refractivity contribution >= 4 is 17.7 Å². The van der Waals surface area contributed by atoms with Gasteiger partial charge in [-0.15, -0.1) is 12.6 Å². The minimum absolute atomic E-state index is 0.0484. The van der Waals surface area contributed by atoms with E-state index in [9.17, 15) is 13.6 Å². The summed E-state index contributed by atoms with van der Waals surface area (Å²) >= 11 is 3.44. The first-order valence-electron chi connectivity index (χ1n) is 2.79. The molecule has 0 unspecified atom stereocenters. The van der Waals surface area contributed by atoms with Gasteiger partial charge in [0.25, 0.3) is 0 Å². The third-order valence-corrected chi connectivity index (χ3v) is 1.42. The molecule has 58 valence electrons. The normalized spacial score (nSPS) is 9.73. The summed E-state index contributed by atoms with van der Waals surface area (Å²) in [4.78, 5) is 10.5. The van der Waals surface area contributed by atoms with Crippen molar-refractivity contribution in [3.8, 4) is 0 Å². The molecule has 0 saturated heterocycles. The minimum Gasteiger partial charge on any atom is -0.282 e. The molecule has 0 aliphatic rings. The summed E-state index contributed by atoms with van der Waals surface area (Å²) in [7, 11) is 0. The molecule has 1 rings (SSSR count). The van der Waals surface area contributed by atoms with E-state index in [-0.39, 0.29) is 5.56 Å². The van der Waals surface area contributed by atoms with Gasteiger partial charge in [0.15, 0.2) is 11.6 Å². The Morgan fingerprint density at radius 2 is 1.91 bits per heavy atom. The number of carbonyl (C=O) groups excluding carboxylic acids is 1. The Kier molecular flexibility index (Phi) is 2.24. The number of benzene rings is 1. The smallest absolute Gasteiger partial charge is 0.216 e. The Hall–Kier alpha value is -0.900. The second-order valence-corrected chi connectivity index (χ2v) is 2.34. The van der Waals surface area contributed by atoms with Crippen molar-refractivity contribution in [2.45, 2.75) is 0 Å². The van der Waals surface area contributed by atoms with Crippen LogP contribution in [0.15, 0.2) is 18.2 Å². The molecule has 0 atom stereocenters. The second kappa shape index (κ2) is 3.00. The van der Waals surface area contributed by atoms with Gasteiger partial charge in [-0.2, -0.15) is 0 Å². The van der Waals surface area contributed by atoms with E-state index in [1.165, 1.54) is 6.07 Å². The van der Waals surface area contributed by atoms with E-state index < -0.39 is 16.7 Å². The fourth-order valence-corrected chi connectivity index (χ4v) is 0.768. The molecular formula is C7H4F2OS. The van der Waals surface area contributed by atoms with Crippen LogP contribution in [0.4, 0.5) is 8.78 Å². The van der Waals surface area contributed by atoms with Crippen molar-refractivity contribution in [2.75, 3.05) is 0 Å². The Morgan fingerprint density at radius 1 is 1.27 bits per heavy atom. The molecule has 0 fully saturated rings. The molecule has 0 N–H and O–H groups in total. The third kappa shape index (κ3) is 1.77. The molecule has 1 aromatic rings. The molecular weight excluding hydrogens is 170 g/mol. The molecule has 0 aromatic heterocycles. The van der Waals surface area contributed by atoms with Gasteiger partial charge in [0.1, 0.15) is 0 Å². The van der Waals surface area contributed by atoms with Crippen molar-refractivity contribution in [2.24, 2.45) is 0 Å². The standard InChI is InChI=1S/C7H4F2OS/c8-5-2-1-4(7(10)11)3-6(5)9/h1-3H,(H,10,11). The van der Waals surface area contributed by atoms with Crippen molar-refractivity contribution < 1.29 is 13.6 Å². The highest BCUT2D eigenvalue weighted by atomic mass is 32.1. The van der Waals surface area contributed by atoms with Gasteiger partial charge < -0.3 is 0 Å². The van der Waals surface area contributed by atoms with E-state index in [2.05, 4.69) is 12.6 Å². The zero-order chi connectivity index (χ0) is 8.43. The quantitative estimate of drug-likeness (QED) is 0.644. The Morgan fingerprint density at radius 3 is 2.36 bits per heavy atom. The monoisotopic (exact) mass is 174 g/mol. The lowest BCUT2D eigenvalue weighted by molar-refractivity contribution is 0.109. The van der Waals surface area contributed by atoms with Crippen LogP contribution in [0.2, 0.25) is 0 Å². The van der Waals surface area contributed by atoms with E-state index in [1.54, 1.807) is 0 Å². The van der Waals surface area contributed by atoms with E-state index in [0.717, 1.165) is 12.1 Å². The fourth-order valence-electron chi connectivity index (χ4n) is 0.629. The number of halogens is 2. The van der Waals surface area contributed by atoms with Gasteiger partial charge in [-0.1, -0.05) is 0 Å². The Balaban J connectivity index is 3.15. The van der Waals surface area contributed by atoms with Crippen molar-refractivity contribution in [1.29, 1.82) is 0 Å². The summed E-state index contributed by atoms with van der Waals surface area (Å²) < 4.78 is 24.6. The molecule has 0 aliphatic carbocycles. The van der Waals surface area contributed by atoms with Gasteiger partial charge in [-0.25, -0.2) is 8.78 Å². The predicted octanol–water partition coefficient (Wildman–Crippen LogP) is 2.03. The van der Waals surface area contributed by atoms with Crippen LogP contribution >= 0.6 is 12.6 Å². The lowest BCUT2D eigenvalue weighted by Crippen LogP contribution is -1.91. The molecule has 1 aromatic carbocycles. The minimum atomic E-state index is -1.04. The number of carbonyl (C=O) groups is 1. The van der Waals surface area contributed by atoms with Gasteiger partial charge in [-0.05, 0) is 18.2 Å². The van der Waals surface area contributed by atoms with Crippen LogP contribution in [-0.2, 0) is 0 Å². The van der Waals surface area contributed by atoms with Crippen LogP contribution in [0.3, 0.4) is 0 Å². The number of hydrogen-bond donors (Lipinski definition) is 1. The molecule has 0 radical (unpaired) electrons. The highest BCUT2D eigenvalue weighted by Crippen LogP contribution is 2.09. The summed E-state index contributed by atoms with van der Waals surface area (Å²) in [5.41, 5.74) is 0.0484. The summed E-state index contributed by atoms with van der Waals surface area (Å²) in [6.45, 7) is 0. The van der Waals surface area contributed by atoms with Crippen LogP contribution in [0.5, 0.6) is 0 Å². The van der Waals surface area contributed by atoms with E-state index in [4.69, 9.17) is 0 Å². The predicted molar refractivity (Wildman–Crippen MR) is 39.7 cm³/mol. The van der Waals surface area contributed by atoms with Gasteiger partial charge >= 0.3 is 0 Å². The van der Waals surface area contributed by atoms with Crippen LogP contribution in [0.25, 0.3) is 0 Å². The van der Waals surface area contributed by atoms with Gasteiger partial charge in [0.2, 0.25) is 5.12 Å². The zero-order valence-electron chi connectivity index (χ0n) is 5.34. The Bertz CT molecular complexity index is 298. The first-order chi connectivity index (χ1) is 5.11. The van der Waals surface area contributed by atoms with Gasteiger partial charge in [0, 0.05) is 5.56 Å². The third-order valence-electron chi connectivity index (χ3n) is 1.17. The summed E-state index contributed by atoms with van der Waals surface area (Å²) in [6.07, 6.45) is 0. The SMILES string of the molecule is O=C(S)c1ccc(F)c(F)c1. The lowest BCUT2D eigenvalue weighted by Gasteiger charge is -1.94. The van der Waals surface area contributed by atoms with Crippen molar-refractivity contribution in [3.63, 3.8) is 0 Å². The van der Waals surface area contributed by atoms with Gasteiger partial charge in [0.05, 0.1) is 0 Å². The van der Waals surface area contributed by atoms with Crippen LogP contribution < -0.4 is 0 Å². The summed E-state index contributed by atoms with van der Waals surface area (Å²) in [6, 6.07) is 2.87. The van der Waals surface area contributed by atoms with Crippen LogP contribution in [0, 0.1) is 11.6 Å². The Labute approximate surface area is 67.4 Å². The van der Waals surface area contributed by atoms with Gasteiger partial charge in [-0.3, -0.25) is 4.79 Å². The van der Waals surface area contributed by atoms with E-state index >= 15 is 0 Å². The molecule has 0 saturated carbocycles. The molecule has 1 nitrogen and oxygen atoms in total. The van der Waals surface area contributed by atoms with Crippen LogP contribution in [0.1, 0.15) is 10.4 Å². The molecule has 0 amide bonds. The number of thiol groups is 1. The summed E-state index contributed by atoms with van der Waals surface area (Å²) in [5, 5.41) is -0.580. The van der Waals surface area contributed by atoms with E-state index in [1.807, 2.05) is 0 Å². The first-order valence-corrected chi connectivity index (χ1v) is 3.24. The first kappa shape index (κ1) is 8.20. The molecule has 4 heteroatoms. The maximum Gasteiger partial charge on any atom is 0.216 e. The zero-order valence-corrected chi connectivity index (χ0v) is 6.24. The molecule has 0 bridgehead atoms. The maximum atomic E-state index is 12.4. The average molecular weight is 174 g/mol. The average Bonchev–Trinajstić information content (AvgIpc) is 1.94. The lowest BCUT2D eigenvalue weighted by atomic mass is 10.2. The summed E-state index contributed by atoms with van der Waals surface area (Å²) in [5.74, 6) is -2.01. The highest BCUT2D eigenvalue weighted by Gasteiger charge is 2.05. The van der Waals surface area contributed by atoms with Crippen LogP contribution in [-0.4, -0.2) is 5.12 Å². The molecule has 11 heavy (non-hydrogen) atoms. The fraction of sp³-hybridized carbons (Fsp3) is 0. The molecule has 0 heterocycles. The maximum absolute atomic E-state index is 12.4. The highest BCUT2D eigenvalue weighted by molar-refractivity contribution is 7.97. The second-order valence-electron chi connectivity index (χ2n) is 1.93. The number of rotatable bonds is 1. The topological polar surface area (TPSA) is 17.1 Å². The number of hydrogen-bond acceptors (Lipinski definition) is 1. The van der Waals surface area contributed by atoms with Crippen molar-refractivity contribution in [1.82, 2.24) is 0 Å². The van der Waals surface area contributed by atoms with Crippen molar-refractivity contribution in [3.05, 3.63) is 35.4 Å². The largest absolute Gasteiger partial charge is 0.282 e. The molecule has 0 spiro atoms. The molecule has 0 aliphatic heterocycles.